The number of hydrogen-bond donors (Lipinski definition) is 2. The van der Waals surface area contributed by atoms with Crippen LogP contribution < -0.4 is 11.4 Å². The van der Waals surface area contributed by atoms with Gasteiger partial charge in [0, 0.05) is 6.07 Å². The fourth-order valence-electron chi connectivity index (χ4n) is 0.794. The predicted octanol–water partition coefficient (Wildman–Crippen LogP) is 0.104. The fraction of sp³-hybridized carbons (Fsp3) is 0.250. The molecule has 0 saturated heterocycles. The number of ether oxygens (including phenoxy) is 1. The van der Waals surface area contributed by atoms with Crippen LogP contribution in [0.25, 0.3) is 0 Å². The number of hydrogen-bond acceptors (Lipinski definition) is 6. The molecule has 0 aliphatic heterocycles. The second-order valence-electron chi connectivity index (χ2n) is 2.42. The Morgan fingerprint density at radius 1 is 1.71 bits per heavy atom. The Bertz CT molecular complexity index is 409. The van der Waals surface area contributed by atoms with Crippen molar-refractivity contribution in [2.75, 3.05) is 12.3 Å². The summed E-state index contributed by atoms with van der Waals surface area (Å²) in [4.78, 5) is 22.0. The normalized spacial score (nSPS) is 9.79. The van der Waals surface area contributed by atoms with Crippen LogP contribution in [0.4, 0.5) is 5.69 Å². The van der Waals surface area contributed by atoms with E-state index in [1.54, 1.807) is 6.92 Å². The molecule has 0 aromatic carbocycles. The van der Waals surface area contributed by atoms with Gasteiger partial charge in [0.15, 0.2) is 5.69 Å². The molecule has 3 N–H and O–H groups in total. The van der Waals surface area contributed by atoms with Crippen molar-refractivity contribution in [2.45, 2.75) is 6.92 Å². The quantitative estimate of drug-likeness (QED) is 0.655. The number of carbonyl (C=O) groups is 1. The van der Waals surface area contributed by atoms with Crippen molar-refractivity contribution in [1.82, 2.24) is 0 Å². The zero-order valence-corrected chi connectivity index (χ0v) is 7.44. The molecular formula is C8H9NO5. The molecule has 1 heterocycles. The molecular weight excluding hydrogens is 190 g/mol. The van der Waals surface area contributed by atoms with Crippen LogP contribution in [0.3, 0.4) is 0 Å². The molecule has 6 nitrogen and oxygen atoms in total. The Morgan fingerprint density at radius 2 is 2.36 bits per heavy atom. The van der Waals surface area contributed by atoms with Gasteiger partial charge in [0.1, 0.15) is 5.75 Å². The Balaban J connectivity index is 3.13. The Hall–Kier alpha value is -1.98. The molecule has 0 spiro atoms. The number of nitrogen functional groups attached to an aromatic ring is 1. The first-order valence-electron chi connectivity index (χ1n) is 3.86. The number of nitrogens with two attached hydrogens (primary N) is 1. The first-order valence-corrected chi connectivity index (χ1v) is 3.86. The molecule has 76 valence electrons. The van der Waals surface area contributed by atoms with Gasteiger partial charge in [-0.3, -0.25) is 0 Å². The van der Waals surface area contributed by atoms with Crippen molar-refractivity contribution in [3.63, 3.8) is 0 Å². The number of anilines is 1. The van der Waals surface area contributed by atoms with E-state index in [0.717, 1.165) is 6.07 Å². The minimum Gasteiger partial charge on any atom is -0.505 e. The lowest BCUT2D eigenvalue weighted by molar-refractivity contribution is 0.0484. The maximum Gasteiger partial charge on any atom is 0.374 e. The smallest absolute Gasteiger partial charge is 0.374 e. The van der Waals surface area contributed by atoms with E-state index < -0.39 is 23.0 Å². The summed E-state index contributed by atoms with van der Waals surface area (Å²) in [7, 11) is 0. The van der Waals surface area contributed by atoms with E-state index >= 15 is 0 Å². The van der Waals surface area contributed by atoms with Crippen LogP contribution in [0, 0.1) is 0 Å². The zero-order valence-electron chi connectivity index (χ0n) is 7.44. The van der Waals surface area contributed by atoms with Gasteiger partial charge in [0.2, 0.25) is 5.76 Å². The Morgan fingerprint density at radius 3 is 2.86 bits per heavy atom. The lowest BCUT2D eigenvalue weighted by Gasteiger charge is -2.01. The topological polar surface area (TPSA) is 103 Å². The second-order valence-corrected chi connectivity index (χ2v) is 2.42. The van der Waals surface area contributed by atoms with E-state index in [1.165, 1.54) is 0 Å². The molecule has 0 amide bonds. The van der Waals surface area contributed by atoms with E-state index in [0.29, 0.717) is 0 Å². The molecule has 0 fully saturated rings. The monoisotopic (exact) mass is 199 g/mol. The van der Waals surface area contributed by atoms with Crippen LogP contribution >= 0.6 is 0 Å². The van der Waals surface area contributed by atoms with Crippen molar-refractivity contribution < 1.29 is 19.1 Å². The van der Waals surface area contributed by atoms with Gasteiger partial charge in [0.05, 0.1) is 6.61 Å². The summed E-state index contributed by atoms with van der Waals surface area (Å²) in [5, 5.41) is 9.11. The molecule has 1 aromatic heterocycles. The van der Waals surface area contributed by atoms with Crippen molar-refractivity contribution in [2.24, 2.45) is 0 Å². The minimum absolute atomic E-state index is 0.147. The summed E-state index contributed by atoms with van der Waals surface area (Å²) in [6.45, 7) is 1.75. The average Bonchev–Trinajstić information content (AvgIpc) is 2.13. The minimum atomic E-state index is -0.965. The van der Waals surface area contributed by atoms with Gasteiger partial charge in [-0.05, 0) is 6.92 Å². The van der Waals surface area contributed by atoms with Crippen LogP contribution in [-0.4, -0.2) is 17.7 Å². The number of aromatic hydroxyl groups is 1. The summed E-state index contributed by atoms with van der Waals surface area (Å²) in [6, 6.07) is 0.939. The second kappa shape index (κ2) is 3.82. The Labute approximate surface area is 78.9 Å². The van der Waals surface area contributed by atoms with Gasteiger partial charge in [-0.1, -0.05) is 0 Å². The Kier molecular flexibility index (Phi) is 2.76. The highest BCUT2D eigenvalue weighted by Crippen LogP contribution is 2.16. The maximum atomic E-state index is 11.1. The van der Waals surface area contributed by atoms with Gasteiger partial charge >= 0.3 is 11.6 Å². The van der Waals surface area contributed by atoms with E-state index in [4.69, 9.17) is 10.8 Å². The van der Waals surface area contributed by atoms with Crippen LogP contribution in [0.5, 0.6) is 5.75 Å². The zero-order chi connectivity index (χ0) is 10.7. The summed E-state index contributed by atoms with van der Waals surface area (Å²) in [6.07, 6.45) is 0. The number of esters is 1. The molecule has 0 unspecified atom stereocenters. The summed E-state index contributed by atoms with van der Waals surface area (Å²) in [5.74, 6) is -1.69. The molecule has 0 atom stereocenters. The number of carbonyl (C=O) groups excluding carboxylic acids is 1. The standard InChI is InChI=1S/C8H9NO5/c1-2-13-7(11)5-3-4(10)6(9)8(12)14-5/h3,10H,2,9H2,1H3. The highest BCUT2D eigenvalue weighted by atomic mass is 16.5. The molecule has 6 heteroatoms. The van der Waals surface area contributed by atoms with Crippen LogP contribution in [0.15, 0.2) is 15.3 Å². The van der Waals surface area contributed by atoms with Crippen molar-refractivity contribution >= 4 is 11.7 Å². The fourth-order valence-corrected chi connectivity index (χ4v) is 0.794. The summed E-state index contributed by atoms with van der Waals surface area (Å²) >= 11 is 0. The number of rotatable bonds is 2. The highest BCUT2D eigenvalue weighted by molar-refractivity contribution is 5.87. The molecule has 0 saturated carbocycles. The molecule has 1 aromatic rings. The van der Waals surface area contributed by atoms with Crippen LogP contribution in [-0.2, 0) is 4.74 Å². The third kappa shape index (κ3) is 1.85. The average molecular weight is 199 g/mol. The van der Waals surface area contributed by atoms with Gasteiger partial charge < -0.3 is 20.0 Å². The lowest BCUT2D eigenvalue weighted by atomic mass is 10.3. The maximum absolute atomic E-state index is 11.1. The SMILES string of the molecule is CCOC(=O)c1cc(O)c(N)c(=O)o1. The van der Waals surface area contributed by atoms with Gasteiger partial charge in [-0.15, -0.1) is 0 Å². The molecule has 0 aliphatic rings. The third-order valence-electron chi connectivity index (χ3n) is 1.44. The summed E-state index contributed by atoms with van der Waals surface area (Å²) < 4.78 is 9.04. The van der Waals surface area contributed by atoms with E-state index in [9.17, 15) is 9.59 Å². The van der Waals surface area contributed by atoms with E-state index in [2.05, 4.69) is 9.15 Å². The van der Waals surface area contributed by atoms with Gasteiger partial charge in [0.25, 0.3) is 0 Å². The highest BCUT2D eigenvalue weighted by Gasteiger charge is 2.14. The van der Waals surface area contributed by atoms with Crippen LogP contribution in [0.2, 0.25) is 0 Å². The molecule has 0 bridgehead atoms. The van der Waals surface area contributed by atoms with Crippen molar-refractivity contribution in [3.05, 3.63) is 22.2 Å². The first-order chi connectivity index (χ1) is 6.56. The largest absolute Gasteiger partial charge is 0.505 e. The lowest BCUT2D eigenvalue weighted by Crippen LogP contribution is -2.12. The van der Waals surface area contributed by atoms with E-state index in [-0.39, 0.29) is 12.4 Å². The van der Waals surface area contributed by atoms with Gasteiger partial charge in [-0.25, -0.2) is 9.59 Å². The third-order valence-corrected chi connectivity index (χ3v) is 1.44. The van der Waals surface area contributed by atoms with E-state index in [1.807, 2.05) is 0 Å². The predicted molar refractivity (Wildman–Crippen MR) is 47.0 cm³/mol. The van der Waals surface area contributed by atoms with Crippen molar-refractivity contribution in [1.29, 1.82) is 0 Å². The molecule has 14 heavy (non-hydrogen) atoms. The van der Waals surface area contributed by atoms with Gasteiger partial charge in [-0.2, -0.15) is 0 Å². The van der Waals surface area contributed by atoms with Crippen molar-refractivity contribution in [3.8, 4) is 5.75 Å². The summed E-state index contributed by atoms with van der Waals surface area (Å²) in [5.41, 5.74) is 3.72. The van der Waals surface area contributed by atoms with Crippen LogP contribution in [0.1, 0.15) is 17.5 Å². The first kappa shape index (κ1) is 10.1. The molecule has 0 radical (unpaired) electrons. The molecule has 0 aliphatic carbocycles. The molecule has 1 rings (SSSR count).